The summed E-state index contributed by atoms with van der Waals surface area (Å²) < 4.78 is 0. The van der Waals surface area contributed by atoms with Crippen molar-refractivity contribution in [3.05, 3.63) is 71.6 Å². The van der Waals surface area contributed by atoms with Crippen LogP contribution in [-0.4, -0.2) is 67.5 Å². The zero-order valence-corrected chi connectivity index (χ0v) is 24.8. The quantitative estimate of drug-likeness (QED) is 0.211. The van der Waals surface area contributed by atoms with E-state index in [0.29, 0.717) is 11.4 Å². The molecular formula is C30H36N6O2S2. The number of aromatic nitrogens is 2. The summed E-state index contributed by atoms with van der Waals surface area (Å²) in [7, 11) is 3.56. The topological polar surface area (TPSA) is 91.1 Å². The standard InChI is InChI=1S/C30H36N6O2S2/c1-35-27(37)25(21-23-15-9-11-17-31-23)33-29(35)39-19-13-7-5-3-4-6-8-14-20-40-30-34-26(28(38)36(30)2)22-24-16-10-12-18-32-24/h9-12,15-18,21-22H,3-8,13-14,19-20H2,1-2H3. The predicted octanol–water partition coefficient (Wildman–Crippen LogP) is 6.10. The number of hydrogen-bond acceptors (Lipinski definition) is 8. The van der Waals surface area contributed by atoms with E-state index in [-0.39, 0.29) is 11.8 Å². The van der Waals surface area contributed by atoms with Gasteiger partial charge in [0.05, 0.1) is 11.4 Å². The molecule has 8 nitrogen and oxygen atoms in total. The minimum Gasteiger partial charge on any atom is -0.289 e. The zero-order valence-electron chi connectivity index (χ0n) is 23.2. The van der Waals surface area contributed by atoms with Crippen LogP contribution in [0.2, 0.25) is 0 Å². The van der Waals surface area contributed by atoms with Crippen LogP contribution in [0.1, 0.15) is 62.8 Å². The van der Waals surface area contributed by atoms with Gasteiger partial charge in [-0.15, -0.1) is 0 Å². The third kappa shape index (κ3) is 8.63. The van der Waals surface area contributed by atoms with Crippen LogP contribution in [0.4, 0.5) is 0 Å². The van der Waals surface area contributed by atoms with E-state index in [1.54, 1.807) is 72.0 Å². The van der Waals surface area contributed by atoms with Crippen molar-refractivity contribution in [3.8, 4) is 0 Å². The Morgan fingerprint density at radius 2 is 1.02 bits per heavy atom. The molecule has 0 radical (unpaired) electrons. The van der Waals surface area contributed by atoms with Gasteiger partial charge >= 0.3 is 0 Å². The average molecular weight is 577 g/mol. The Balaban J connectivity index is 1.03. The molecule has 0 N–H and O–H groups in total. The number of carbonyl (C=O) groups excluding carboxylic acids is 2. The lowest BCUT2D eigenvalue weighted by Gasteiger charge is -2.10. The maximum Gasteiger partial charge on any atom is 0.278 e. The van der Waals surface area contributed by atoms with Gasteiger partial charge in [-0.05, 0) is 49.3 Å². The number of carbonyl (C=O) groups is 2. The SMILES string of the molecule is CN1C(=O)C(=Cc2ccccn2)N=C1SCCCCCCCCCCSC1=NC(=Cc2ccccn2)C(=O)N1C. The van der Waals surface area contributed by atoms with Crippen LogP contribution in [0.5, 0.6) is 0 Å². The van der Waals surface area contributed by atoms with E-state index in [0.717, 1.165) is 46.1 Å². The highest BCUT2D eigenvalue weighted by atomic mass is 32.2. The van der Waals surface area contributed by atoms with E-state index in [1.807, 2.05) is 36.4 Å². The number of amides is 2. The number of hydrogen-bond donors (Lipinski definition) is 0. The molecule has 0 saturated carbocycles. The van der Waals surface area contributed by atoms with Gasteiger partial charge in [0.2, 0.25) is 0 Å². The van der Waals surface area contributed by atoms with E-state index in [4.69, 9.17) is 0 Å². The van der Waals surface area contributed by atoms with Gasteiger partial charge in [-0.1, -0.05) is 74.2 Å². The van der Waals surface area contributed by atoms with E-state index >= 15 is 0 Å². The summed E-state index contributed by atoms with van der Waals surface area (Å²) in [6, 6.07) is 11.2. The fourth-order valence-electron chi connectivity index (χ4n) is 4.21. The van der Waals surface area contributed by atoms with Crippen molar-refractivity contribution in [2.45, 2.75) is 51.4 Å². The maximum absolute atomic E-state index is 12.5. The molecule has 10 heteroatoms. The molecule has 2 aromatic heterocycles. The normalized spacial score (nSPS) is 17.4. The lowest BCUT2D eigenvalue weighted by Crippen LogP contribution is -2.25. The summed E-state index contributed by atoms with van der Waals surface area (Å²) in [4.78, 5) is 45.7. The van der Waals surface area contributed by atoms with Crippen molar-refractivity contribution in [1.82, 2.24) is 19.8 Å². The highest BCUT2D eigenvalue weighted by Gasteiger charge is 2.28. The molecule has 0 aliphatic carbocycles. The monoisotopic (exact) mass is 576 g/mol. The third-order valence-electron chi connectivity index (χ3n) is 6.50. The molecule has 0 bridgehead atoms. The number of unbranched alkanes of at least 4 members (excludes halogenated alkanes) is 7. The molecule has 4 heterocycles. The van der Waals surface area contributed by atoms with Crippen LogP contribution < -0.4 is 0 Å². The average Bonchev–Trinajstić information content (AvgIpc) is 3.39. The smallest absolute Gasteiger partial charge is 0.278 e. The molecule has 40 heavy (non-hydrogen) atoms. The van der Waals surface area contributed by atoms with Crippen LogP contribution >= 0.6 is 23.5 Å². The maximum atomic E-state index is 12.5. The zero-order chi connectivity index (χ0) is 28.2. The number of rotatable bonds is 13. The van der Waals surface area contributed by atoms with Crippen LogP contribution in [0.15, 0.2) is 70.2 Å². The highest BCUT2D eigenvalue weighted by Crippen LogP contribution is 2.24. The van der Waals surface area contributed by atoms with Crippen molar-refractivity contribution in [2.75, 3.05) is 25.6 Å². The highest BCUT2D eigenvalue weighted by molar-refractivity contribution is 8.14. The Morgan fingerprint density at radius 1 is 0.625 bits per heavy atom. The minimum absolute atomic E-state index is 0.0782. The number of pyridine rings is 2. The molecule has 4 rings (SSSR count). The number of likely N-dealkylation sites (N-methyl/N-ethyl adjacent to an activating group) is 2. The molecule has 2 aromatic rings. The summed E-state index contributed by atoms with van der Waals surface area (Å²) in [5, 5.41) is 1.54. The molecule has 0 atom stereocenters. The Morgan fingerprint density at radius 3 is 1.40 bits per heavy atom. The molecule has 0 aromatic carbocycles. The second kappa shape index (κ2) is 15.5. The molecule has 2 aliphatic rings. The van der Waals surface area contributed by atoms with Crippen molar-refractivity contribution in [1.29, 1.82) is 0 Å². The molecule has 2 aliphatic heterocycles. The van der Waals surface area contributed by atoms with Crippen molar-refractivity contribution in [3.63, 3.8) is 0 Å². The number of nitrogens with zero attached hydrogens (tertiary/aromatic N) is 6. The Bertz CT molecular complexity index is 1180. The molecule has 0 saturated heterocycles. The largest absolute Gasteiger partial charge is 0.289 e. The summed E-state index contributed by atoms with van der Waals surface area (Å²) in [6.45, 7) is 0. The molecule has 210 valence electrons. The van der Waals surface area contributed by atoms with Crippen LogP contribution in [0.25, 0.3) is 12.2 Å². The van der Waals surface area contributed by atoms with Gasteiger partial charge in [-0.3, -0.25) is 29.4 Å². The van der Waals surface area contributed by atoms with Crippen molar-refractivity contribution in [2.24, 2.45) is 9.98 Å². The van der Waals surface area contributed by atoms with E-state index in [1.165, 1.54) is 38.5 Å². The van der Waals surface area contributed by atoms with Crippen LogP contribution in [0, 0.1) is 0 Å². The fourth-order valence-corrected chi connectivity index (χ4v) is 6.15. The molecular weight excluding hydrogens is 541 g/mol. The van der Waals surface area contributed by atoms with Gasteiger partial charge in [0, 0.05) is 38.0 Å². The van der Waals surface area contributed by atoms with Gasteiger partial charge in [0.15, 0.2) is 10.3 Å². The Labute approximate surface area is 245 Å². The van der Waals surface area contributed by atoms with Crippen LogP contribution in [0.3, 0.4) is 0 Å². The lowest BCUT2D eigenvalue weighted by atomic mass is 10.1. The second-order valence-electron chi connectivity index (χ2n) is 9.61. The van der Waals surface area contributed by atoms with E-state index in [2.05, 4.69) is 20.0 Å². The van der Waals surface area contributed by atoms with Gasteiger partial charge in [0.1, 0.15) is 11.4 Å². The van der Waals surface area contributed by atoms with Gasteiger partial charge < -0.3 is 0 Å². The number of aliphatic imine (C=N–C) groups is 2. The first kappa shape index (κ1) is 29.7. The predicted molar refractivity (Wildman–Crippen MR) is 167 cm³/mol. The van der Waals surface area contributed by atoms with Gasteiger partial charge in [0.25, 0.3) is 11.8 Å². The first-order valence-corrected chi connectivity index (χ1v) is 15.7. The molecule has 0 unspecified atom stereocenters. The van der Waals surface area contributed by atoms with E-state index < -0.39 is 0 Å². The molecule has 2 amide bonds. The minimum atomic E-state index is -0.0782. The van der Waals surface area contributed by atoms with Gasteiger partial charge in [-0.25, -0.2) is 9.98 Å². The summed E-state index contributed by atoms with van der Waals surface area (Å²) in [5.74, 6) is 1.77. The Kier molecular flexibility index (Phi) is 11.5. The Hall–Kier alpha value is -3.24. The van der Waals surface area contributed by atoms with Crippen LogP contribution in [-0.2, 0) is 9.59 Å². The van der Waals surface area contributed by atoms with E-state index in [9.17, 15) is 9.59 Å². The van der Waals surface area contributed by atoms with Crippen molar-refractivity contribution >= 4 is 57.8 Å². The summed E-state index contributed by atoms with van der Waals surface area (Å²) in [5.41, 5.74) is 2.37. The number of amidine groups is 2. The molecule has 0 fully saturated rings. The lowest BCUT2D eigenvalue weighted by molar-refractivity contribution is -0.122. The first-order chi connectivity index (χ1) is 19.5. The second-order valence-corrected chi connectivity index (χ2v) is 11.7. The molecule has 0 spiro atoms. The summed E-state index contributed by atoms with van der Waals surface area (Å²) in [6.07, 6.45) is 16.5. The van der Waals surface area contributed by atoms with Gasteiger partial charge in [-0.2, -0.15) is 0 Å². The number of thioether (sulfide) groups is 2. The first-order valence-electron chi connectivity index (χ1n) is 13.8. The fraction of sp³-hybridized carbons (Fsp3) is 0.400. The van der Waals surface area contributed by atoms with Crippen molar-refractivity contribution < 1.29 is 9.59 Å². The third-order valence-corrected chi connectivity index (χ3v) is 8.73. The summed E-state index contributed by atoms with van der Waals surface area (Å²) >= 11 is 3.30.